The van der Waals surface area contributed by atoms with E-state index in [0.29, 0.717) is 19.6 Å². The Morgan fingerprint density at radius 1 is 1.82 bits per heavy atom. The van der Waals surface area contributed by atoms with E-state index in [1.54, 1.807) is 6.92 Å². The van der Waals surface area contributed by atoms with Crippen molar-refractivity contribution < 1.29 is 19.0 Å². The summed E-state index contributed by atoms with van der Waals surface area (Å²) in [5.41, 5.74) is 0. The Morgan fingerprint density at radius 2 is 2.64 bits per heavy atom. The zero-order valence-corrected chi connectivity index (χ0v) is 6.41. The van der Waals surface area contributed by atoms with E-state index in [1.165, 1.54) is 6.79 Å². The minimum absolute atomic E-state index is 0.313. The minimum atomic E-state index is -0.469. The lowest BCUT2D eigenvalue weighted by molar-refractivity contribution is -0.166. The molecule has 4 heteroatoms. The Bertz CT molecular complexity index is 128. The molecule has 0 bridgehead atoms. The summed E-state index contributed by atoms with van der Waals surface area (Å²) >= 11 is 0. The van der Waals surface area contributed by atoms with E-state index in [1.807, 2.05) is 0 Å². The first-order valence-electron chi connectivity index (χ1n) is 3.60. The highest BCUT2D eigenvalue weighted by molar-refractivity contribution is 5.74. The number of rotatable bonds is 2. The quantitative estimate of drug-likeness (QED) is 0.549. The van der Waals surface area contributed by atoms with Crippen molar-refractivity contribution in [3.05, 3.63) is 6.79 Å². The van der Waals surface area contributed by atoms with Crippen molar-refractivity contribution in [1.82, 2.24) is 0 Å². The molecule has 1 aliphatic heterocycles. The molecule has 1 aliphatic rings. The van der Waals surface area contributed by atoms with Crippen LogP contribution in [-0.2, 0) is 19.0 Å². The average Bonchev–Trinajstić information content (AvgIpc) is 2.07. The van der Waals surface area contributed by atoms with E-state index >= 15 is 0 Å². The fourth-order valence-electron chi connectivity index (χ4n) is 0.806. The van der Waals surface area contributed by atoms with Gasteiger partial charge >= 0.3 is 5.97 Å². The Labute approximate surface area is 65.4 Å². The third-order valence-corrected chi connectivity index (χ3v) is 1.34. The highest BCUT2D eigenvalue weighted by Crippen LogP contribution is 2.09. The van der Waals surface area contributed by atoms with Crippen molar-refractivity contribution in [3.63, 3.8) is 0 Å². The van der Waals surface area contributed by atoms with Gasteiger partial charge in [0.15, 0.2) is 6.10 Å². The zero-order valence-electron chi connectivity index (χ0n) is 6.41. The lowest BCUT2D eigenvalue weighted by atomic mass is 10.2. The van der Waals surface area contributed by atoms with Crippen molar-refractivity contribution >= 4 is 5.97 Å². The molecule has 0 amide bonds. The van der Waals surface area contributed by atoms with E-state index in [-0.39, 0.29) is 5.97 Å². The second-order valence-electron chi connectivity index (χ2n) is 2.13. The second kappa shape index (κ2) is 4.31. The van der Waals surface area contributed by atoms with Crippen LogP contribution >= 0.6 is 0 Å². The Morgan fingerprint density at radius 3 is 3.18 bits per heavy atom. The number of carbonyl (C=O) groups is 1. The van der Waals surface area contributed by atoms with Gasteiger partial charge in [0.2, 0.25) is 6.79 Å². The van der Waals surface area contributed by atoms with Crippen molar-refractivity contribution in [2.75, 3.05) is 13.2 Å². The summed E-state index contributed by atoms with van der Waals surface area (Å²) in [6.45, 7) is 3.86. The molecule has 4 nitrogen and oxygen atoms in total. The number of hydrogen-bond donors (Lipinski definition) is 0. The molecule has 1 heterocycles. The summed E-state index contributed by atoms with van der Waals surface area (Å²) < 4.78 is 14.4. The third-order valence-electron chi connectivity index (χ3n) is 1.34. The fraction of sp³-hybridized carbons (Fsp3) is 0.714. The summed E-state index contributed by atoms with van der Waals surface area (Å²) in [5.74, 6) is -0.313. The van der Waals surface area contributed by atoms with Gasteiger partial charge in [-0.2, -0.15) is 0 Å². The van der Waals surface area contributed by atoms with E-state index in [4.69, 9.17) is 14.2 Å². The zero-order chi connectivity index (χ0) is 8.10. The summed E-state index contributed by atoms with van der Waals surface area (Å²) in [6.07, 6.45) is 0.0960. The van der Waals surface area contributed by atoms with Gasteiger partial charge in [0.1, 0.15) is 0 Å². The summed E-state index contributed by atoms with van der Waals surface area (Å²) in [5, 5.41) is 0. The van der Waals surface area contributed by atoms with Crippen LogP contribution in [0, 0.1) is 6.79 Å². The smallest absolute Gasteiger partial charge is 0.335 e. The van der Waals surface area contributed by atoms with Crippen LogP contribution in [0.4, 0.5) is 0 Å². The Balaban J connectivity index is 2.27. The molecule has 0 saturated carbocycles. The Hall–Kier alpha value is -0.610. The van der Waals surface area contributed by atoms with Crippen LogP contribution in [0.1, 0.15) is 13.3 Å². The van der Waals surface area contributed by atoms with Crippen LogP contribution in [0.2, 0.25) is 0 Å². The molecule has 0 spiro atoms. The van der Waals surface area contributed by atoms with Crippen molar-refractivity contribution in [3.8, 4) is 0 Å². The first kappa shape index (κ1) is 8.49. The van der Waals surface area contributed by atoms with Crippen molar-refractivity contribution in [2.45, 2.75) is 19.4 Å². The van der Waals surface area contributed by atoms with Gasteiger partial charge in [-0.15, -0.1) is 0 Å². The second-order valence-corrected chi connectivity index (χ2v) is 2.13. The summed E-state index contributed by atoms with van der Waals surface area (Å²) in [4.78, 5) is 11.0. The van der Waals surface area contributed by atoms with Gasteiger partial charge in [0.25, 0.3) is 0 Å². The predicted octanol–water partition coefficient (Wildman–Crippen LogP) is 0.474. The van der Waals surface area contributed by atoms with Crippen molar-refractivity contribution in [2.24, 2.45) is 0 Å². The molecule has 0 aromatic heterocycles. The van der Waals surface area contributed by atoms with E-state index in [0.717, 1.165) is 0 Å². The highest BCUT2D eigenvalue weighted by atomic mass is 16.7. The maximum Gasteiger partial charge on any atom is 0.335 e. The average molecular weight is 159 g/mol. The topological polar surface area (TPSA) is 44.8 Å². The van der Waals surface area contributed by atoms with Crippen LogP contribution in [0.15, 0.2) is 0 Å². The minimum Gasteiger partial charge on any atom is -0.464 e. The summed E-state index contributed by atoms with van der Waals surface area (Å²) in [6, 6.07) is 0. The lowest BCUT2D eigenvalue weighted by Gasteiger charge is -2.19. The molecule has 0 aliphatic carbocycles. The molecule has 63 valence electrons. The molecule has 1 rings (SSSR count). The highest BCUT2D eigenvalue weighted by Gasteiger charge is 2.23. The van der Waals surface area contributed by atoms with Crippen LogP contribution in [-0.4, -0.2) is 25.3 Å². The predicted molar refractivity (Wildman–Crippen MR) is 36.4 cm³/mol. The molecule has 0 aromatic rings. The first-order valence-corrected chi connectivity index (χ1v) is 3.60. The monoisotopic (exact) mass is 159 g/mol. The fourth-order valence-corrected chi connectivity index (χ4v) is 0.806. The van der Waals surface area contributed by atoms with Crippen molar-refractivity contribution in [1.29, 1.82) is 0 Å². The molecule has 1 atom stereocenters. The largest absolute Gasteiger partial charge is 0.464 e. The molecule has 11 heavy (non-hydrogen) atoms. The molecule has 1 unspecified atom stereocenters. The first-order chi connectivity index (χ1) is 5.34. The molecule has 1 saturated heterocycles. The standard InChI is InChI=1S/C7H11O4/c1-2-10-7(8)6-3-4-9-5-11-6/h5-6H,2-4H2,1H3. The molecule has 0 aromatic carbocycles. The number of hydrogen-bond acceptors (Lipinski definition) is 4. The van der Waals surface area contributed by atoms with Gasteiger partial charge in [-0.1, -0.05) is 0 Å². The number of ether oxygens (including phenoxy) is 3. The molecular formula is C7H11O4. The molecule has 1 fully saturated rings. The maximum absolute atomic E-state index is 11.0. The van der Waals surface area contributed by atoms with Gasteiger partial charge in [0.05, 0.1) is 13.2 Å². The van der Waals surface area contributed by atoms with Crippen LogP contribution in [0.3, 0.4) is 0 Å². The van der Waals surface area contributed by atoms with Crippen LogP contribution < -0.4 is 0 Å². The lowest BCUT2D eigenvalue weighted by Crippen LogP contribution is -2.30. The van der Waals surface area contributed by atoms with E-state index in [9.17, 15) is 4.79 Å². The molecule has 0 N–H and O–H groups in total. The third kappa shape index (κ3) is 2.48. The van der Waals surface area contributed by atoms with E-state index in [2.05, 4.69) is 0 Å². The maximum atomic E-state index is 11.0. The molecule has 1 radical (unpaired) electrons. The van der Waals surface area contributed by atoms with Crippen LogP contribution in [0.5, 0.6) is 0 Å². The van der Waals surface area contributed by atoms with Gasteiger partial charge in [-0.05, 0) is 6.92 Å². The van der Waals surface area contributed by atoms with Gasteiger partial charge < -0.3 is 14.2 Å². The normalized spacial score (nSPS) is 24.6. The van der Waals surface area contributed by atoms with Gasteiger partial charge in [-0.3, -0.25) is 0 Å². The van der Waals surface area contributed by atoms with E-state index < -0.39 is 6.10 Å². The summed E-state index contributed by atoms with van der Waals surface area (Å²) in [7, 11) is 0. The van der Waals surface area contributed by atoms with Gasteiger partial charge in [-0.25, -0.2) is 4.79 Å². The van der Waals surface area contributed by atoms with Crippen LogP contribution in [0.25, 0.3) is 0 Å². The number of carbonyl (C=O) groups excluding carboxylic acids is 1. The SMILES string of the molecule is CCOC(=O)C1CCO[CH]O1. The molecular weight excluding hydrogens is 148 g/mol. The number of esters is 1. The van der Waals surface area contributed by atoms with Gasteiger partial charge in [0, 0.05) is 6.42 Å². The Kier molecular flexibility index (Phi) is 3.32.